The van der Waals surface area contributed by atoms with Crippen LogP contribution in [0.5, 0.6) is 0 Å². The molecular weight excluding hydrogens is 180 g/mol. The van der Waals surface area contributed by atoms with Crippen LogP contribution in [0.3, 0.4) is 0 Å². The van der Waals surface area contributed by atoms with E-state index in [1.54, 1.807) is 0 Å². The van der Waals surface area contributed by atoms with Crippen molar-refractivity contribution < 1.29 is 0 Å². The highest BCUT2D eigenvalue weighted by Gasteiger charge is 2.20. The summed E-state index contributed by atoms with van der Waals surface area (Å²) >= 11 is 0. The molecule has 3 rings (SSSR count). The van der Waals surface area contributed by atoms with E-state index in [2.05, 4.69) is 43.3 Å². The lowest BCUT2D eigenvalue weighted by Gasteiger charge is -2.24. The first-order valence-electron chi connectivity index (χ1n) is 5.37. The lowest BCUT2D eigenvalue weighted by atomic mass is 9.80. The number of hydrogen-bond acceptors (Lipinski definition) is 0. The van der Waals surface area contributed by atoms with Crippen LogP contribution in [0.2, 0.25) is 0 Å². The summed E-state index contributed by atoms with van der Waals surface area (Å²) in [6.07, 6.45) is 1.12. The molecule has 0 N–H and O–H groups in total. The largest absolute Gasteiger partial charge is 0.0613 e. The zero-order valence-corrected chi connectivity index (χ0v) is 8.75. The van der Waals surface area contributed by atoms with Crippen LogP contribution in [0.25, 0.3) is 11.1 Å². The van der Waals surface area contributed by atoms with Crippen LogP contribution in [0, 0.1) is 12.1 Å². The van der Waals surface area contributed by atoms with E-state index in [-0.39, 0.29) is 0 Å². The van der Waals surface area contributed by atoms with Gasteiger partial charge in [-0.25, -0.2) is 0 Å². The smallest absolute Gasteiger partial charge is 0.00612 e. The molecule has 2 radical (unpaired) electrons. The lowest BCUT2D eigenvalue weighted by molar-refractivity contribution is 0.749. The Labute approximate surface area is 90.6 Å². The first-order valence-corrected chi connectivity index (χ1v) is 5.37. The van der Waals surface area contributed by atoms with E-state index in [1.165, 1.54) is 22.3 Å². The normalized spacial score (nSPS) is 18.1. The molecule has 2 aromatic carbocycles. The second-order valence-corrected chi connectivity index (χ2v) is 4.18. The van der Waals surface area contributed by atoms with Crippen LogP contribution < -0.4 is 0 Å². The van der Waals surface area contributed by atoms with Gasteiger partial charge in [0.2, 0.25) is 0 Å². The van der Waals surface area contributed by atoms with Gasteiger partial charge in [-0.15, -0.1) is 0 Å². The van der Waals surface area contributed by atoms with Crippen molar-refractivity contribution in [1.29, 1.82) is 0 Å². The Hall–Kier alpha value is -1.56. The van der Waals surface area contributed by atoms with Crippen molar-refractivity contribution in [3.8, 4) is 11.1 Å². The van der Waals surface area contributed by atoms with Crippen LogP contribution in [0.15, 0.2) is 36.4 Å². The van der Waals surface area contributed by atoms with Gasteiger partial charge in [0.15, 0.2) is 0 Å². The highest BCUT2D eigenvalue weighted by molar-refractivity contribution is 5.72. The summed E-state index contributed by atoms with van der Waals surface area (Å²) in [6.45, 7) is 2.28. The van der Waals surface area contributed by atoms with Gasteiger partial charge in [0.25, 0.3) is 0 Å². The average molecular weight is 192 g/mol. The topological polar surface area (TPSA) is 0 Å². The minimum Gasteiger partial charge on any atom is -0.0613 e. The maximum atomic E-state index is 3.34. The molecule has 15 heavy (non-hydrogen) atoms. The molecule has 72 valence electrons. The third-order valence-corrected chi connectivity index (χ3v) is 3.14. The lowest BCUT2D eigenvalue weighted by Crippen LogP contribution is -2.08. The van der Waals surface area contributed by atoms with E-state index >= 15 is 0 Å². The minimum atomic E-state index is 0.598. The van der Waals surface area contributed by atoms with Gasteiger partial charge in [-0.2, -0.15) is 0 Å². The molecule has 0 amide bonds. The van der Waals surface area contributed by atoms with Crippen LogP contribution in [-0.4, -0.2) is 0 Å². The summed E-state index contributed by atoms with van der Waals surface area (Å²) in [6, 6.07) is 19.2. The molecule has 0 heteroatoms. The maximum Gasteiger partial charge on any atom is -0.00612 e. The van der Waals surface area contributed by atoms with Crippen molar-refractivity contribution in [1.82, 2.24) is 0 Å². The Balaban J connectivity index is 2.30. The number of benzene rings is 2. The highest BCUT2D eigenvalue weighted by Crippen LogP contribution is 2.38. The van der Waals surface area contributed by atoms with Crippen molar-refractivity contribution in [2.24, 2.45) is 0 Å². The van der Waals surface area contributed by atoms with E-state index in [0.717, 1.165) is 6.42 Å². The fourth-order valence-electron chi connectivity index (χ4n) is 2.39. The molecule has 0 heterocycles. The molecule has 0 fully saturated rings. The predicted octanol–water partition coefficient (Wildman–Crippen LogP) is 3.61. The molecule has 0 bridgehead atoms. The SMILES string of the molecule is CC1Cc2ccc[c]c2-c2[c]cccc21. The Morgan fingerprint density at radius 2 is 1.80 bits per heavy atom. The van der Waals surface area contributed by atoms with Crippen molar-refractivity contribution in [3.63, 3.8) is 0 Å². The quantitative estimate of drug-likeness (QED) is 0.598. The van der Waals surface area contributed by atoms with Crippen LogP contribution in [-0.2, 0) is 6.42 Å². The molecule has 0 spiro atoms. The van der Waals surface area contributed by atoms with Gasteiger partial charge in [0, 0.05) is 0 Å². The standard InChI is InChI=1S/C15H12/c1-11-10-12-6-2-3-8-14(12)15-9-5-4-7-13(11)15/h2-7,11H,10H2,1H3. The predicted molar refractivity (Wildman–Crippen MR) is 61.7 cm³/mol. The van der Waals surface area contributed by atoms with Gasteiger partial charge < -0.3 is 0 Å². The molecule has 0 aliphatic heterocycles. The maximum absolute atomic E-state index is 3.34. The Morgan fingerprint density at radius 3 is 2.67 bits per heavy atom. The molecule has 1 aliphatic carbocycles. The van der Waals surface area contributed by atoms with Crippen molar-refractivity contribution in [2.75, 3.05) is 0 Å². The van der Waals surface area contributed by atoms with Gasteiger partial charge in [0.1, 0.15) is 0 Å². The number of hydrogen-bond donors (Lipinski definition) is 0. The van der Waals surface area contributed by atoms with E-state index in [0.29, 0.717) is 5.92 Å². The van der Waals surface area contributed by atoms with E-state index in [1.807, 2.05) is 12.1 Å². The van der Waals surface area contributed by atoms with Gasteiger partial charge in [-0.05, 0) is 46.7 Å². The van der Waals surface area contributed by atoms with Crippen LogP contribution in [0.1, 0.15) is 24.0 Å². The van der Waals surface area contributed by atoms with Crippen LogP contribution in [0.4, 0.5) is 0 Å². The second kappa shape index (κ2) is 3.23. The van der Waals surface area contributed by atoms with Gasteiger partial charge in [-0.3, -0.25) is 0 Å². The zero-order chi connectivity index (χ0) is 10.3. The third kappa shape index (κ3) is 1.29. The summed E-state index contributed by atoms with van der Waals surface area (Å²) < 4.78 is 0. The minimum absolute atomic E-state index is 0.598. The average Bonchev–Trinajstić information content (AvgIpc) is 2.30. The Kier molecular flexibility index (Phi) is 1.88. The number of fused-ring (bicyclic) bond motifs is 3. The van der Waals surface area contributed by atoms with Gasteiger partial charge in [-0.1, -0.05) is 43.3 Å². The molecule has 0 aromatic heterocycles. The van der Waals surface area contributed by atoms with Crippen molar-refractivity contribution in [3.05, 3.63) is 59.7 Å². The van der Waals surface area contributed by atoms with E-state index in [9.17, 15) is 0 Å². The second-order valence-electron chi connectivity index (χ2n) is 4.18. The summed E-state index contributed by atoms with van der Waals surface area (Å²) in [5.74, 6) is 0.598. The Morgan fingerprint density at radius 1 is 1.07 bits per heavy atom. The monoisotopic (exact) mass is 192 g/mol. The Bertz CT molecular complexity index is 497. The molecule has 0 saturated carbocycles. The third-order valence-electron chi connectivity index (χ3n) is 3.14. The summed E-state index contributed by atoms with van der Waals surface area (Å²) in [7, 11) is 0. The molecule has 0 saturated heterocycles. The summed E-state index contributed by atoms with van der Waals surface area (Å²) in [4.78, 5) is 0. The molecule has 1 aliphatic rings. The highest BCUT2D eigenvalue weighted by atomic mass is 14.2. The van der Waals surface area contributed by atoms with Crippen LogP contribution >= 0.6 is 0 Å². The van der Waals surface area contributed by atoms with Gasteiger partial charge in [0.05, 0.1) is 0 Å². The van der Waals surface area contributed by atoms with E-state index in [4.69, 9.17) is 0 Å². The molecule has 0 nitrogen and oxygen atoms in total. The first-order chi connectivity index (χ1) is 7.36. The first kappa shape index (κ1) is 8.72. The molecule has 1 unspecified atom stereocenters. The van der Waals surface area contributed by atoms with Gasteiger partial charge >= 0.3 is 0 Å². The van der Waals surface area contributed by atoms with Crippen molar-refractivity contribution in [2.45, 2.75) is 19.3 Å². The van der Waals surface area contributed by atoms with Crippen molar-refractivity contribution >= 4 is 0 Å². The number of rotatable bonds is 0. The molecule has 2 aromatic rings. The summed E-state index contributed by atoms with van der Waals surface area (Å²) in [5.41, 5.74) is 5.30. The summed E-state index contributed by atoms with van der Waals surface area (Å²) in [5, 5.41) is 0. The fourth-order valence-corrected chi connectivity index (χ4v) is 2.39. The fraction of sp³-hybridized carbons (Fsp3) is 0.200. The van der Waals surface area contributed by atoms with E-state index < -0.39 is 0 Å². The zero-order valence-electron chi connectivity index (χ0n) is 8.75. The molecule has 1 atom stereocenters. The molecular formula is C15H12.